The van der Waals surface area contributed by atoms with Crippen LogP contribution in [0.4, 0.5) is 4.79 Å². The van der Waals surface area contributed by atoms with Crippen LogP contribution < -0.4 is 4.72 Å². The summed E-state index contributed by atoms with van der Waals surface area (Å²) in [5.41, 5.74) is 0. The molecule has 0 radical (unpaired) electrons. The summed E-state index contributed by atoms with van der Waals surface area (Å²) in [5.74, 6) is 0. The van der Waals surface area contributed by atoms with Crippen LogP contribution in [0.1, 0.15) is 6.92 Å². The van der Waals surface area contributed by atoms with Crippen molar-refractivity contribution in [2.75, 3.05) is 6.61 Å². The largest absolute Gasteiger partial charge is 0.449 e. The molecule has 48 valence electrons. The van der Waals surface area contributed by atoms with E-state index in [9.17, 15) is 4.79 Å². The molecule has 5 heteroatoms. The molecular weight excluding hydrogens is 150 g/mol. The molecule has 0 aromatic carbocycles. The molecule has 1 amide bonds. The quantitative estimate of drug-likeness (QED) is 0.615. The van der Waals surface area contributed by atoms with Gasteiger partial charge in [0.15, 0.2) is 0 Å². The van der Waals surface area contributed by atoms with Gasteiger partial charge in [0.1, 0.15) is 0 Å². The normalized spacial score (nSPS) is 8.25. The fourth-order valence-corrected chi connectivity index (χ4v) is 0.503. The average molecular weight is 156 g/mol. The minimum atomic E-state index is -0.507. The summed E-state index contributed by atoms with van der Waals surface area (Å²) in [5, 5.41) is 0. The van der Waals surface area contributed by atoms with Crippen LogP contribution in [0.5, 0.6) is 0 Å². The van der Waals surface area contributed by atoms with Crippen molar-refractivity contribution in [2.24, 2.45) is 0 Å². The Kier molecular flexibility index (Phi) is 5.00. The molecule has 0 fully saturated rings. The van der Waals surface area contributed by atoms with Gasteiger partial charge in [0.05, 0.1) is 17.8 Å². The van der Waals surface area contributed by atoms with Gasteiger partial charge < -0.3 is 4.74 Å². The second-order valence-electron chi connectivity index (χ2n) is 0.900. The molecule has 8 heavy (non-hydrogen) atoms. The van der Waals surface area contributed by atoms with E-state index in [1.807, 2.05) is 0 Å². The topological polar surface area (TPSA) is 38.3 Å². The third-order valence-corrected chi connectivity index (χ3v) is 0.873. The molecule has 0 rings (SSSR count). The van der Waals surface area contributed by atoms with E-state index in [1.165, 1.54) is 0 Å². The van der Waals surface area contributed by atoms with Gasteiger partial charge in [-0.05, 0) is 17.6 Å². The summed E-state index contributed by atoms with van der Waals surface area (Å²) in [7, 11) is 5.04. The minimum absolute atomic E-state index is 0.364. The highest BCUT2D eigenvalue weighted by Gasteiger charge is 1.94. The van der Waals surface area contributed by atoms with Gasteiger partial charge in [-0.2, -0.15) is 0 Å². The SMILES string of the molecule is CCOC(=O)NSCl. The van der Waals surface area contributed by atoms with Crippen molar-refractivity contribution < 1.29 is 9.53 Å². The summed E-state index contributed by atoms with van der Waals surface area (Å²) < 4.78 is 6.59. The molecule has 0 saturated carbocycles. The Bertz CT molecular complexity index is 71.7. The van der Waals surface area contributed by atoms with Crippen LogP contribution >= 0.6 is 21.8 Å². The summed E-state index contributed by atoms with van der Waals surface area (Å²) in [4.78, 5) is 10.2. The van der Waals surface area contributed by atoms with E-state index in [0.29, 0.717) is 17.8 Å². The van der Waals surface area contributed by atoms with E-state index in [4.69, 9.17) is 10.7 Å². The molecular formula is C3H6ClNO2S. The Hall–Kier alpha value is -0.0900. The van der Waals surface area contributed by atoms with E-state index in [1.54, 1.807) is 6.92 Å². The fraction of sp³-hybridized carbons (Fsp3) is 0.667. The first-order valence-electron chi connectivity index (χ1n) is 2.01. The van der Waals surface area contributed by atoms with Crippen molar-refractivity contribution >= 4 is 27.9 Å². The molecule has 0 aliphatic heterocycles. The number of carbonyl (C=O) groups excluding carboxylic acids is 1. The summed E-state index contributed by atoms with van der Waals surface area (Å²) in [6, 6.07) is 0. The molecule has 0 unspecified atom stereocenters. The van der Waals surface area contributed by atoms with Gasteiger partial charge in [-0.3, -0.25) is 4.72 Å². The Morgan fingerprint density at radius 1 is 2.00 bits per heavy atom. The number of carbonyl (C=O) groups is 1. The molecule has 0 heterocycles. The van der Waals surface area contributed by atoms with Crippen LogP contribution in [0.25, 0.3) is 0 Å². The van der Waals surface area contributed by atoms with Crippen LogP contribution in [-0.2, 0) is 4.74 Å². The minimum Gasteiger partial charge on any atom is -0.449 e. The Morgan fingerprint density at radius 2 is 2.62 bits per heavy atom. The Labute approximate surface area is 56.4 Å². The molecule has 0 aromatic heterocycles. The molecule has 0 aromatic rings. The smallest absolute Gasteiger partial charge is 0.418 e. The Morgan fingerprint density at radius 3 is 3.00 bits per heavy atom. The number of ether oxygens (including phenoxy) is 1. The number of hydrogen-bond donors (Lipinski definition) is 1. The summed E-state index contributed by atoms with van der Waals surface area (Å²) in [6.45, 7) is 2.09. The molecule has 3 nitrogen and oxygen atoms in total. The highest BCUT2D eigenvalue weighted by atomic mass is 35.7. The van der Waals surface area contributed by atoms with Gasteiger partial charge in [-0.25, -0.2) is 4.79 Å². The maximum atomic E-state index is 10.2. The number of nitrogens with one attached hydrogen (secondary N) is 1. The van der Waals surface area contributed by atoms with Crippen molar-refractivity contribution in [3.63, 3.8) is 0 Å². The number of amides is 1. The molecule has 1 N–H and O–H groups in total. The zero-order valence-corrected chi connectivity index (χ0v) is 5.88. The van der Waals surface area contributed by atoms with E-state index in [2.05, 4.69) is 9.46 Å². The van der Waals surface area contributed by atoms with Crippen molar-refractivity contribution in [3.8, 4) is 0 Å². The molecule has 0 spiro atoms. The van der Waals surface area contributed by atoms with Crippen molar-refractivity contribution in [3.05, 3.63) is 0 Å². The first-order chi connectivity index (χ1) is 3.81. The highest BCUT2D eigenvalue weighted by molar-refractivity contribution is 8.19. The monoisotopic (exact) mass is 155 g/mol. The Balaban J connectivity index is 3.06. The van der Waals surface area contributed by atoms with Gasteiger partial charge >= 0.3 is 6.09 Å². The number of rotatable bonds is 2. The lowest BCUT2D eigenvalue weighted by Gasteiger charge is -1.97. The van der Waals surface area contributed by atoms with Crippen molar-refractivity contribution in [2.45, 2.75) is 6.92 Å². The first-order valence-corrected chi connectivity index (χ1v) is 3.66. The predicted molar refractivity (Wildman–Crippen MR) is 33.6 cm³/mol. The maximum Gasteiger partial charge on any atom is 0.418 e. The van der Waals surface area contributed by atoms with Gasteiger partial charge in [0.25, 0.3) is 0 Å². The van der Waals surface area contributed by atoms with Crippen LogP contribution in [0.15, 0.2) is 0 Å². The van der Waals surface area contributed by atoms with Crippen LogP contribution in [-0.4, -0.2) is 12.7 Å². The fourth-order valence-electron chi connectivity index (χ4n) is 0.192. The third kappa shape index (κ3) is 4.08. The van der Waals surface area contributed by atoms with Gasteiger partial charge in [-0.15, -0.1) is 0 Å². The van der Waals surface area contributed by atoms with Gasteiger partial charge in [0, 0.05) is 0 Å². The number of hydrogen-bond acceptors (Lipinski definition) is 3. The molecule has 0 saturated heterocycles. The zero-order valence-electron chi connectivity index (χ0n) is 4.31. The summed E-state index contributed by atoms with van der Waals surface area (Å²) >= 11 is 0.697. The van der Waals surface area contributed by atoms with Crippen molar-refractivity contribution in [1.29, 1.82) is 0 Å². The molecule has 0 bridgehead atoms. The van der Waals surface area contributed by atoms with Gasteiger partial charge in [0.2, 0.25) is 0 Å². The predicted octanol–water partition coefficient (Wildman–Crippen LogP) is 1.53. The maximum absolute atomic E-state index is 10.2. The molecule has 0 aliphatic rings. The highest BCUT2D eigenvalue weighted by Crippen LogP contribution is 1.97. The van der Waals surface area contributed by atoms with Crippen LogP contribution in [0.2, 0.25) is 0 Å². The van der Waals surface area contributed by atoms with E-state index >= 15 is 0 Å². The second kappa shape index (κ2) is 5.05. The average Bonchev–Trinajstić information content (AvgIpc) is 1.68. The van der Waals surface area contributed by atoms with Crippen molar-refractivity contribution in [1.82, 2.24) is 4.72 Å². The summed E-state index contributed by atoms with van der Waals surface area (Å²) in [6.07, 6.45) is -0.507. The zero-order chi connectivity index (χ0) is 6.41. The first kappa shape index (κ1) is 7.91. The van der Waals surface area contributed by atoms with E-state index in [-0.39, 0.29) is 0 Å². The third-order valence-electron chi connectivity index (χ3n) is 0.397. The number of halogens is 1. The molecule has 0 atom stereocenters. The van der Waals surface area contributed by atoms with Crippen LogP contribution in [0.3, 0.4) is 0 Å². The second-order valence-corrected chi connectivity index (χ2v) is 1.72. The standard InChI is InChI=1S/C3H6ClNO2S/c1-2-7-3(6)5-8-4/h2H2,1H3,(H,5,6). The lowest BCUT2D eigenvalue weighted by molar-refractivity contribution is 0.159. The van der Waals surface area contributed by atoms with E-state index in [0.717, 1.165) is 0 Å². The van der Waals surface area contributed by atoms with Gasteiger partial charge in [-0.1, -0.05) is 0 Å². The lowest BCUT2D eigenvalue weighted by atomic mass is 10.9. The lowest BCUT2D eigenvalue weighted by Crippen LogP contribution is -2.15. The molecule has 0 aliphatic carbocycles. The van der Waals surface area contributed by atoms with Crippen LogP contribution in [0, 0.1) is 0 Å². The van der Waals surface area contributed by atoms with E-state index < -0.39 is 6.09 Å².